The third-order valence-electron chi connectivity index (χ3n) is 3.57. The summed E-state index contributed by atoms with van der Waals surface area (Å²) in [6, 6.07) is 7.64. The van der Waals surface area contributed by atoms with E-state index >= 15 is 0 Å². The number of nitrogens with one attached hydrogen (secondary N) is 1. The smallest absolute Gasteiger partial charge is 0.307 e. The Bertz CT molecular complexity index is 769. The van der Waals surface area contributed by atoms with Gasteiger partial charge in [0.15, 0.2) is 0 Å². The number of likely N-dealkylation sites (tertiary alicyclic amines) is 1. The molecule has 1 amide bonds. The molecule has 0 aliphatic carbocycles. The van der Waals surface area contributed by atoms with Gasteiger partial charge in [0.05, 0.1) is 0 Å². The zero-order valence-corrected chi connectivity index (χ0v) is 11.4. The summed E-state index contributed by atoms with van der Waals surface area (Å²) < 4.78 is 34.7. The molecule has 1 atom stereocenters. The van der Waals surface area contributed by atoms with Crippen LogP contribution in [-0.2, 0) is 21.6 Å². The first-order chi connectivity index (χ1) is 9.43. The molecule has 1 fully saturated rings. The Kier molecular flexibility index (Phi) is 3.01. The van der Waals surface area contributed by atoms with Gasteiger partial charge in [-0.1, -0.05) is 12.1 Å². The largest absolute Gasteiger partial charge is 0.361 e. The van der Waals surface area contributed by atoms with Crippen molar-refractivity contribution < 1.29 is 17.1 Å². The number of benzene rings is 1. The van der Waals surface area contributed by atoms with E-state index in [1.54, 1.807) is 0 Å². The van der Waals surface area contributed by atoms with Crippen LogP contribution in [0.1, 0.15) is 12.0 Å². The maximum Gasteiger partial charge on any atom is 0.307 e. The lowest BCUT2D eigenvalue weighted by atomic mass is 10.1. The summed E-state index contributed by atoms with van der Waals surface area (Å²) in [5.74, 6) is -0.331. The minimum absolute atomic E-state index is 0.0829. The summed E-state index contributed by atoms with van der Waals surface area (Å²) in [7, 11) is -4.66. The summed E-state index contributed by atoms with van der Waals surface area (Å²) in [4.78, 5) is 16.2. The molecule has 0 bridgehead atoms. The molecule has 5 nitrogen and oxygen atoms in total. The number of hydrogen-bond acceptors (Lipinski definition) is 3. The third-order valence-corrected chi connectivity index (χ3v) is 4.68. The minimum Gasteiger partial charge on any atom is -0.361 e. The van der Waals surface area contributed by atoms with Crippen LogP contribution in [0.5, 0.6) is 0 Å². The van der Waals surface area contributed by atoms with E-state index in [-0.39, 0.29) is 18.9 Å². The molecule has 3 rings (SSSR count). The first-order valence-corrected chi connectivity index (χ1v) is 7.65. The highest BCUT2D eigenvalue weighted by Gasteiger charge is 2.38. The number of aromatic amines is 1. The molecule has 0 spiro atoms. The number of carbonyl (C=O) groups is 1. The number of H-pyrrole nitrogens is 1. The van der Waals surface area contributed by atoms with Crippen molar-refractivity contribution in [2.24, 2.45) is 0 Å². The van der Waals surface area contributed by atoms with Gasteiger partial charge in [0, 0.05) is 31.2 Å². The van der Waals surface area contributed by atoms with Crippen molar-refractivity contribution >= 4 is 27.0 Å². The SMILES string of the molecule is O=C1CC(S(=O)(=O)F)CN1Cc1ccc2cc[nH]c2c1. The number of amides is 1. The number of aromatic nitrogens is 1. The van der Waals surface area contributed by atoms with Crippen LogP contribution in [0.2, 0.25) is 0 Å². The van der Waals surface area contributed by atoms with Gasteiger partial charge in [-0.25, -0.2) is 0 Å². The summed E-state index contributed by atoms with van der Waals surface area (Å²) >= 11 is 0. The van der Waals surface area contributed by atoms with Crippen LogP contribution in [-0.4, -0.2) is 36.0 Å². The Labute approximate surface area is 115 Å². The van der Waals surface area contributed by atoms with Crippen molar-refractivity contribution in [2.45, 2.75) is 18.2 Å². The molecule has 1 saturated heterocycles. The topological polar surface area (TPSA) is 70.2 Å². The quantitative estimate of drug-likeness (QED) is 0.874. The Balaban J connectivity index is 1.79. The van der Waals surface area contributed by atoms with Crippen molar-refractivity contribution in [3.63, 3.8) is 0 Å². The Morgan fingerprint density at radius 3 is 2.85 bits per heavy atom. The van der Waals surface area contributed by atoms with Gasteiger partial charge in [-0.2, -0.15) is 8.42 Å². The summed E-state index contributed by atoms with van der Waals surface area (Å²) in [6.45, 7) is 0.209. The van der Waals surface area contributed by atoms with Crippen molar-refractivity contribution in [1.82, 2.24) is 9.88 Å². The average molecular weight is 296 g/mol. The van der Waals surface area contributed by atoms with E-state index in [9.17, 15) is 17.1 Å². The van der Waals surface area contributed by atoms with Gasteiger partial charge in [0.1, 0.15) is 5.25 Å². The maximum absolute atomic E-state index is 12.9. The molecule has 7 heteroatoms. The second-order valence-electron chi connectivity index (χ2n) is 4.98. The van der Waals surface area contributed by atoms with E-state index in [2.05, 4.69) is 4.98 Å². The molecule has 20 heavy (non-hydrogen) atoms. The number of hydrogen-bond donors (Lipinski definition) is 1. The molecule has 1 aromatic heterocycles. The van der Waals surface area contributed by atoms with Gasteiger partial charge in [-0.05, 0) is 23.1 Å². The van der Waals surface area contributed by atoms with Gasteiger partial charge in [0.2, 0.25) is 5.91 Å². The Morgan fingerprint density at radius 2 is 2.15 bits per heavy atom. The van der Waals surface area contributed by atoms with Gasteiger partial charge < -0.3 is 9.88 Å². The normalized spacial score (nSPS) is 19.9. The first kappa shape index (κ1) is 13.1. The predicted molar refractivity (Wildman–Crippen MR) is 72.1 cm³/mol. The zero-order valence-electron chi connectivity index (χ0n) is 10.5. The monoisotopic (exact) mass is 296 g/mol. The standard InChI is InChI=1S/C13H13FN2O3S/c14-20(18,19)11-6-13(17)16(8-11)7-9-1-2-10-3-4-15-12(10)5-9/h1-5,11,15H,6-8H2. The van der Waals surface area contributed by atoms with Crippen molar-refractivity contribution in [2.75, 3.05) is 6.54 Å². The molecular formula is C13H13FN2O3S. The highest BCUT2D eigenvalue weighted by atomic mass is 32.3. The molecule has 106 valence electrons. The van der Waals surface area contributed by atoms with Gasteiger partial charge >= 0.3 is 10.2 Å². The fourth-order valence-electron chi connectivity index (χ4n) is 2.49. The van der Waals surface area contributed by atoms with E-state index in [1.807, 2.05) is 30.5 Å². The molecule has 1 N–H and O–H groups in total. The van der Waals surface area contributed by atoms with Crippen LogP contribution in [0.15, 0.2) is 30.5 Å². The van der Waals surface area contributed by atoms with Crippen molar-refractivity contribution in [3.05, 3.63) is 36.0 Å². The molecule has 2 heterocycles. The molecular weight excluding hydrogens is 283 g/mol. The lowest BCUT2D eigenvalue weighted by Gasteiger charge is -2.16. The van der Waals surface area contributed by atoms with E-state index < -0.39 is 15.5 Å². The average Bonchev–Trinajstić information content (AvgIpc) is 2.95. The molecule has 1 aliphatic rings. The highest BCUT2D eigenvalue weighted by Crippen LogP contribution is 2.22. The molecule has 1 unspecified atom stereocenters. The minimum atomic E-state index is -4.66. The Morgan fingerprint density at radius 1 is 1.35 bits per heavy atom. The number of halogens is 1. The van der Waals surface area contributed by atoms with Crippen molar-refractivity contribution in [1.29, 1.82) is 0 Å². The van der Waals surface area contributed by atoms with Gasteiger partial charge in [-0.15, -0.1) is 3.89 Å². The lowest BCUT2D eigenvalue weighted by molar-refractivity contribution is -0.128. The summed E-state index contributed by atoms with van der Waals surface area (Å²) in [5, 5.41) is -0.171. The zero-order chi connectivity index (χ0) is 14.3. The fraction of sp³-hybridized carbons (Fsp3) is 0.308. The van der Waals surface area contributed by atoms with E-state index in [0.29, 0.717) is 6.54 Å². The molecule has 0 radical (unpaired) electrons. The second-order valence-corrected chi connectivity index (χ2v) is 6.59. The van der Waals surface area contributed by atoms with Crippen molar-refractivity contribution in [3.8, 4) is 0 Å². The van der Waals surface area contributed by atoms with Crippen LogP contribution in [0.25, 0.3) is 10.9 Å². The summed E-state index contributed by atoms with van der Waals surface area (Å²) in [5.41, 5.74) is 1.83. The summed E-state index contributed by atoms with van der Waals surface area (Å²) in [6.07, 6.45) is 1.55. The van der Waals surface area contributed by atoms with E-state index in [0.717, 1.165) is 16.5 Å². The van der Waals surface area contributed by atoms with Crippen LogP contribution in [0.4, 0.5) is 3.89 Å². The third kappa shape index (κ3) is 2.40. The van der Waals surface area contributed by atoms with E-state index in [4.69, 9.17) is 0 Å². The second kappa shape index (κ2) is 4.59. The van der Waals surface area contributed by atoms with Gasteiger partial charge in [0.25, 0.3) is 0 Å². The number of rotatable bonds is 3. The molecule has 0 saturated carbocycles. The molecule has 1 aliphatic heterocycles. The van der Waals surface area contributed by atoms with Crippen LogP contribution >= 0.6 is 0 Å². The van der Waals surface area contributed by atoms with Gasteiger partial charge in [-0.3, -0.25) is 4.79 Å². The predicted octanol–water partition coefficient (Wildman–Crippen LogP) is 1.57. The van der Waals surface area contributed by atoms with E-state index in [1.165, 1.54) is 4.90 Å². The van der Waals surface area contributed by atoms with Crippen LogP contribution in [0.3, 0.4) is 0 Å². The van der Waals surface area contributed by atoms with Crippen LogP contribution < -0.4 is 0 Å². The number of nitrogens with zero attached hydrogens (tertiary/aromatic N) is 1. The number of carbonyl (C=O) groups excluding carboxylic acids is 1. The fourth-order valence-corrected chi connectivity index (χ4v) is 3.19. The van der Waals surface area contributed by atoms with Crippen LogP contribution in [0, 0.1) is 0 Å². The number of fused-ring (bicyclic) bond motifs is 1. The molecule has 2 aromatic rings. The first-order valence-electron chi connectivity index (χ1n) is 6.21. The maximum atomic E-state index is 12.9. The Hall–Kier alpha value is -1.89. The lowest BCUT2D eigenvalue weighted by Crippen LogP contribution is -2.26. The molecule has 1 aromatic carbocycles. The highest BCUT2D eigenvalue weighted by molar-refractivity contribution is 7.87.